The molecular weight excluding hydrogens is 206 g/mol. The molecule has 84 valence electrons. The van der Waals surface area contributed by atoms with Gasteiger partial charge in [-0.1, -0.05) is 6.07 Å². The molecule has 0 spiro atoms. The molecule has 0 unspecified atom stereocenters. The number of benzene rings is 1. The SMILES string of the molecule is COc1c(CO)ccc2c(=O)n(C)ccc12. The van der Waals surface area contributed by atoms with Crippen molar-refractivity contribution in [3.05, 3.63) is 40.3 Å². The number of aryl methyl sites for hydroxylation is 1. The van der Waals surface area contributed by atoms with Gasteiger partial charge in [0.25, 0.3) is 5.56 Å². The van der Waals surface area contributed by atoms with E-state index in [1.165, 1.54) is 11.7 Å². The van der Waals surface area contributed by atoms with Crippen LogP contribution in [0.15, 0.2) is 29.2 Å². The van der Waals surface area contributed by atoms with Gasteiger partial charge in [-0.15, -0.1) is 0 Å². The summed E-state index contributed by atoms with van der Waals surface area (Å²) in [6.07, 6.45) is 1.69. The molecule has 1 heterocycles. The standard InChI is InChI=1S/C12H13NO3/c1-13-6-5-9-10(12(13)15)4-3-8(7-14)11(9)16-2/h3-6,14H,7H2,1-2H3. The van der Waals surface area contributed by atoms with Crippen LogP contribution in [0.25, 0.3) is 10.8 Å². The van der Waals surface area contributed by atoms with E-state index in [0.29, 0.717) is 16.7 Å². The molecule has 4 heteroatoms. The van der Waals surface area contributed by atoms with Crippen LogP contribution in [-0.2, 0) is 13.7 Å². The van der Waals surface area contributed by atoms with E-state index in [1.54, 1.807) is 25.4 Å². The second kappa shape index (κ2) is 3.98. The van der Waals surface area contributed by atoms with Gasteiger partial charge < -0.3 is 14.4 Å². The highest BCUT2D eigenvalue weighted by Crippen LogP contribution is 2.27. The number of nitrogens with zero attached hydrogens (tertiary/aromatic N) is 1. The van der Waals surface area contributed by atoms with Crippen LogP contribution in [0.2, 0.25) is 0 Å². The van der Waals surface area contributed by atoms with E-state index in [0.717, 1.165) is 5.39 Å². The van der Waals surface area contributed by atoms with Gasteiger partial charge in [0.1, 0.15) is 5.75 Å². The lowest BCUT2D eigenvalue weighted by Crippen LogP contribution is -2.15. The minimum atomic E-state index is -0.103. The summed E-state index contributed by atoms with van der Waals surface area (Å²) in [6.45, 7) is -0.103. The Balaban J connectivity index is 2.90. The van der Waals surface area contributed by atoms with Crippen molar-refractivity contribution in [3.63, 3.8) is 0 Å². The number of hydrogen-bond donors (Lipinski definition) is 1. The molecule has 0 amide bonds. The predicted octanol–water partition coefficient (Wildman–Crippen LogP) is 1.04. The number of methoxy groups -OCH3 is 1. The third kappa shape index (κ3) is 1.47. The second-order valence-corrected chi connectivity index (χ2v) is 3.61. The normalized spacial score (nSPS) is 10.7. The van der Waals surface area contributed by atoms with Crippen molar-refractivity contribution >= 4 is 10.8 Å². The number of aromatic nitrogens is 1. The van der Waals surface area contributed by atoms with Crippen molar-refractivity contribution < 1.29 is 9.84 Å². The summed E-state index contributed by atoms with van der Waals surface area (Å²) in [4.78, 5) is 11.8. The Morgan fingerprint density at radius 3 is 2.69 bits per heavy atom. The van der Waals surface area contributed by atoms with Crippen LogP contribution in [0.5, 0.6) is 5.75 Å². The van der Waals surface area contributed by atoms with E-state index in [9.17, 15) is 4.79 Å². The molecule has 16 heavy (non-hydrogen) atoms. The molecule has 2 rings (SSSR count). The zero-order valence-electron chi connectivity index (χ0n) is 9.23. The first-order valence-corrected chi connectivity index (χ1v) is 4.95. The van der Waals surface area contributed by atoms with Crippen LogP contribution >= 0.6 is 0 Å². The zero-order valence-corrected chi connectivity index (χ0v) is 9.23. The summed E-state index contributed by atoms with van der Waals surface area (Å²) in [5.74, 6) is 0.567. The second-order valence-electron chi connectivity index (χ2n) is 3.61. The summed E-state index contributed by atoms with van der Waals surface area (Å²) in [5.41, 5.74) is 0.614. The van der Waals surface area contributed by atoms with E-state index in [1.807, 2.05) is 6.07 Å². The number of aliphatic hydroxyl groups is 1. The Labute approximate surface area is 92.7 Å². The van der Waals surface area contributed by atoms with E-state index >= 15 is 0 Å². The first kappa shape index (κ1) is 10.7. The lowest BCUT2D eigenvalue weighted by molar-refractivity contribution is 0.274. The van der Waals surface area contributed by atoms with Crippen LogP contribution in [0, 0.1) is 0 Å². The molecule has 0 aliphatic carbocycles. The molecule has 0 aliphatic heterocycles. The molecule has 0 atom stereocenters. The topological polar surface area (TPSA) is 51.5 Å². The van der Waals surface area contributed by atoms with Gasteiger partial charge >= 0.3 is 0 Å². The molecule has 0 radical (unpaired) electrons. The van der Waals surface area contributed by atoms with Crippen LogP contribution in [0.3, 0.4) is 0 Å². The smallest absolute Gasteiger partial charge is 0.258 e. The van der Waals surface area contributed by atoms with Crippen LogP contribution < -0.4 is 10.3 Å². The maximum absolute atomic E-state index is 11.8. The maximum atomic E-state index is 11.8. The zero-order chi connectivity index (χ0) is 11.7. The van der Waals surface area contributed by atoms with Crippen molar-refractivity contribution in [1.82, 2.24) is 4.57 Å². The molecule has 2 aromatic rings. The molecule has 0 saturated carbocycles. The maximum Gasteiger partial charge on any atom is 0.258 e. The Hall–Kier alpha value is -1.81. The van der Waals surface area contributed by atoms with Gasteiger partial charge in [0.2, 0.25) is 0 Å². The first-order valence-electron chi connectivity index (χ1n) is 4.95. The fraction of sp³-hybridized carbons (Fsp3) is 0.250. The highest BCUT2D eigenvalue weighted by Gasteiger charge is 2.09. The van der Waals surface area contributed by atoms with Gasteiger partial charge in [-0.25, -0.2) is 0 Å². The average molecular weight is 219 g/mol. The largest absolute Gasteiger partial charge is 0.496 e. The first-order chi connectivity index (χ1) is 7.69. The van der Waals surface area contributed by atoms with Gasteiger partial charge in [-0.3, -0.25) is 4.79 Å². The molecule has 4 nitrogen and oxygen atoms in total. The quantitative estimate of drug-likeness (QED) is 0.821. The highest BCUT2D eigenvalue weighted by atomic mass is 16.5. The summed E-state index contributed by atoms with van der Waals surface area (Å²) >= 11 is 0. The van der Waals surface area contributed by atoms with Crippen LogP contribution in [0.4, 0.5) is 0 Å². The molecule has 0 bridgehead atoms. The van der Waals surface area contributed by atoms with Gasteiger partial charge in [0, 0.05) is 24.2 Å². The number of ether oxygens (including phenoxy) is 1. The van der Waals surface area contributed by atoms with Gasteiger partial charge in [0.05, 0.1) is 19.1 Å². The Morgan fingerprint density at radius 1 is 1.31 bits per heavy atom. The fourth-order valence-electron chi connectivity index (χ4n) is 1.81. The highest BCUT2D eigenvalue weighted by molar-refractivity contribution is 5.88. The summed E-state index contributed by atoms with van der Waals surface area (Å²) < 4.78 is 6.75. The molecule has 1 N–H and O–H groups in total. The van der Waals surface area contributed by atoms with E-state index in [-0.39, 0.29) is 12.2 Å². The Kier molecular flexibility index (Phi) is 2.66. The number of fused-ring (bicyclic) bond motifs is 1. The van der Waals surface area contributed by atoms with Crippen molar-refractivity contribution in [3.8, 4) is 5.75 Å². The number of rotatable bonds is 2. The van der Waals surface area contributed by atoms with Gasteiger partial charge in [-0.2, -0.15) is 0 Å². The molecule has 1 aromatic heterocycles. The van der Waals surface area contributed by atoms with Gasteiger partial charge in [0.15, 0.2) is 0 Å². The molecule has 0 fully saturated rings. The lowest BCUT2D eigenvalue weighted by Gasteiger charge is -2.10. The third-order valence-electron chi connectivity index (χ3n) is 2.67. The molecule has 0 saturated heterocycles. The van der Waals surface area contributed by atoms with Crippen molar-refractivity contribution in [2.24, 2.45) is 7.05 Å². The monoisotopic (exact) mass is 219 g/mol. The van der Waals surface area contributed by atoms with Crippen molar-refractivity contribution in [2.75, 3.05) is 7.11 Å². The number of pyridine rings is 1. The minimum absolute atomic E-state index is 0.0692. The predicted molar refractivity (Wildman–Crippen MR) is 61.7 cm³/mol. The molecular formula is C12H13NO3. The van der Waals surface area contributed by atoms with Crippen molar-refractivity contribution in [2.45, 2.75) is 6.61 Å². The number of aliphatic hydroxyl groups excluding tert-OH is 1. The van der Waals surface area contributed by atoms with E-state index < -0.39 is 0 Å². The number of hydrogen-bond acceptors (Lipinski definition) is 3. The van der Waals surface area contributed by atoms with Gasteiger partial charge in [-0.05, 0) is 12.1 Å². The summed E-state index contributed by atoms with van der Waals surface area (Å²) in [6, 6.07) is 5.24. The van der Waals surface area contributed by atoms with E-state index in [4.69, 9.17) is 9.84 Å². The molecule has 1 aromatic carbocycles. The Morgan fingerprint density at radius 2 is 2.06 bits per heavy atom. The Bertz CT molecular complexity index is 587. The minimum Gasteiger partial charge on any atom is -0.496 e. The van der Waals surface area contributed by atoms with Crippen LogP contribution in [-0.4, -0.2) is 16.8 Å². The fourth-order valence-corrected chi connectivity index (χ4v) is 1.81. The van der Waals surface area contributed by atoms with Crippen molar-refractivity contribution in [1.29, 1.82) is 0 Å². The lowest BCUT2D eigenvalue weighted by atomic mass is 10.1. The summed E-state index contributed by atoms with van der Waals surface area (Å²) in [7, 11) is 3.24. The van der Waals surface area contributed by atoms with Crippen LogP contribution in [0.1, 0.15) is 5.56 Å². The average Bonchev–Trinajstić information content (AvgIpc) is 2.32. The summed E-state index contributed by atoms with van der Waals surface area (Å²) in [5, 5.41) is 10.5. The van der Waals surface area contributed by atoms with E-state index in [2.05, 4.69) is 0 Å². The molecule has 0 aliphatic rings. The third-order valence-corrected chi connectivity index (χ3v) is 2.67.